The van der Waals surface area contributed by atoms with Gasteiger partial charge in [-0.05, 0) is 55.9 Å². The monoisotopic (exact) mass is 435 g/mol. The Hall–Kier alpha value is -1.59. The number of hydrogen-bond donors (Lipinski definition) is 0. The molecule has 2 aliphatic carbocycles. The van der Waals surface area contributed by atoms with Crippen LogP contribution in [0.15, 0.2) is 23.0 Å². The number of halogens is 2. The van der Waals surface area contributed by atoms with Crippen molar-refractivity contribution in [2.75, 3.05) is 19.6 Å². The van der Waals surface area contributed by atoms with Gasteiger partial charge in [0, 0.05) is 18.0 Å². The quantitative estimate of drug-likeness (QED) is 0.635. The molecule has 1 heterocycles. The van der Waals surface area contributed by atoms with Gasteiger partial charge in [-0.15, -0.1) is 0 Å². The maximum atomic E-state index is 14.5. The molecule has 0 spiro atoms. The molecule has 0 radical (unpaired) electrons. The summed E-state index contributed by atoms with van der Waals surface area (Å²) in [6.45, 7) is 16.8. The highest BCUT2D eigenvalue weighted by Crippen LogP contribution is 2.66. The lowest BCUT2D eigenvalue weighted by molar-refractivity contribution is 0.217. The van der Waals surface area contributed by atoms with E-state index in [2.05, 4.69) is 46.4 Å². The summed E-state index contributed by atoms with van der Waals surface area (Å²) in [6, 6.07) is 4.77. The van der Waals surface area contributed by atoms with Crippen LogP contribution in [0.3, 0.4) is 0 Å². The molecule has 1 saturated carbocycles. The predicted molar refractivity (Wildman–Crippen MR) is 123 cm³/mol. The van der Waals surface area contributed by atoms with Crippen LogP contribution < -0.4 is 5.56 Å². The Balaban J connectivity index is 0.000000318. The fourth-order valence-corrected chi connectivity index (χ4v) is 5.79. The Morgan fingerprint density at radius 3 is 2.27 bits per heavy atom. The SMILES string of the molecule is CCN(CC)CC.Cn1c2c(c(=O)n1-c1cccc(Cl)c1F)[C@H]1CC[C@]2(C)C1(C)C. The van der Waals surface area contributed by atoms with Gasteiger partial charge in [0.25, 0.3) is 5.56 Å². The van der Waals surface area contributed by atoms with Crippen molar-refractivity contribution in [3.63, 3.8) is 0 Å². The zero-order valence-corrected chi connectivity index (χ0v) is 20.1. The molecule has 6 heteroatoms. The van der Waals surface area contributed by atoms with E-state index in [4.69, 9.17) is 11.6 Å². The molecule has 2 atom stereocenters. The summed E-state index contributed by atoms with van der Waals surface area (Å²) in [5.41, 5.74) is 2.04. The van der Waals surface area contributed by atoms with E-state index >= 15 is 0 Å². The van der Waals surface area contributed by atoms with E-state index in [9.17, 15) is 9.18 Å². The van der Waals surface area contributed by atoms with Crippen molar-refractivity contribution >= 4 is 11.6 Å². The van der Waals surface area contributed by atoms with Crippen LogP contribution in [0.1, 0.15) is 71.6 Å². The van der Waals surface area contributed by atoms with Crippen LogP contribution in [-0.2, 0) is 12.5 Å². The smallest absolute Gasteiger partial charge is 0.275 e. The van der Waals surface area contributed by atoms with Crippen LogP contribution in [0.2, 0.25) is 5.02 Å². The van der Waals surface area contributed by atoms with Crippen molar-refractivity contribution < 1.29 is 4.39 Å². The molecule has 0 saturated heterocycles. The highest BCUT2D eigenvalue weighted by Gasteiger charge is 2.62. The molecule has 0 unspecified atom stereocenters. The summed E-state index contributed by atoms with van der Waals surface area (Å²) >= 11 is 5.91. The van der Waals surface area contributed by atoms with Gasteiger partial charge in [0.05, 0.1) is 10.7 Å². The molecule has 2 aromatic rings. The van der Waals surface area contributed by atoms with Gasteiger partial charge < -0.3 is 4.90 Å². The number of fused-ring (bicyclic) bond motifs is 5. The lowest BCUT2D eigenvalue weighted by atomic mass is 9.70. The van der Waals surface area contributed by atoms with E-state index in [1.165, 1.54) is 30.4 Å². The minimum atomic E-state index is -0.549. The molecule has 30 heavy (non-hydrogen) atoms. The van der Waals surface area contributed by atoms with Gasteiger partial charge in [-0.2, -0.15) is 0 Å². The second-order valence-corrected chi connectivity index (χ2v) is 9.65. The Labute approximate surface area is 184 Å². The highest BCUT2D eigenvalue weighted by atomic mass is 35.5. The summed E-state index contributed by atoms with van der Waals surface area (Å²) in [5, 5.41) is 0.0327. The first kappa shape index (κ1) is 23.1. The van der Waals surface area contributed by atoms with Crippen LogP contribution in [0.4, 0.5) is 4.39 Å². The third kappa shape index (κ3) is 3.16. The molecule has 0 amide bonds. The fourth-order valence-electron chi connectivity index (χ4n) is 5.62. The molecule has 0 N–H and O–H groups in total. The Morgan fingerprint density at radius 2 is 1.77 bits per heavy atom. The molecule has 1 fully saturated rings. The first-order valence-electron chi connectivity index (χ1n) is 11.1. The first-order valence-corrected chi connectivity index (χ1v) is 11.4. The molecule has 2 aliphatic rings. The number of benzene rings is 1. The van der Waals surface area contributed by atoms with Gasteiger partial charge in [0.2, 0.25) is 0 Å². The van der Waals surface area contributed by atoms with Crippen LogP contribution in [0.25, 0.3) is 5.69 Å². The average Bonchev–Trinajstić information content (AvgIpc) is 3.17. The van der Waals surface area contributed by atoms with Gasteiger partial charge in [0.1, 0.15) is 5.69 Å². The number of aromatic nitrogens is 2. The zero-order chi connectivity index (χ0) is 22.4. The van der Waals surface area contributed by atoms with Crippen molar-refractivity contribution in [3.05, 3.63) is 50.7 Å². The number of nitrogens with zero attached hydrogens (tertiary/aromatic N) is 3. The minimum Gasteiger partial charge on any atom is -0.304 e. The summed E-state index contributed by atoms with van der Waals surface area (Å²) in [7, 11) is 1.85. The van der Waals surface area contributed by atoms with Gasteiger partial charge in [-0.25, -0.2) is 9.07 Å². The van der Waals surface area contributed by atoms with Crippen LogP contribution >= 0.6 is 11.6 Å². The van der Waals surface area contributed by atoms with E-state index in [0.717, 1.165) is 24.1 Å². The third-order valence-corrected chi connectivity index (χ3v) is 8.19. The van der Waals surface area contributed by atoms with Gasteiger partial charge in [0.15, 0.2) is 5.82 Å². The fraction of sp³-hybridized carbons (Fsp3) is 0.625. The standard InChI is InChI=1S/C18H20ClFN2O.C6H15N/c1-17(2)10-8-9-18(17,3)15-13(10)16(23)22(21(15)4)12-7-5-6-11(19)14(12)20;1-4-7(5-2)6-3/h5-7,10H,8-9H2,1-4H3;4-6H2,1-3H3/t10-,18+;/m1./s1. The second-order valence-electron chi connectivity index (χ2n) is 9.24. The summed E-state index contributed by atoms with van der Waals surface area (Å²) in [4.78, 5) is 15.5. The molecule has 4 rings (SSSR count). The summed E-state index contributed by atoms with van der Waals surface area (Å²) in [6.07, 6.45) is 2.08. The molecule has 2 bridgehead atoms. The van der Waals surface area contributed by atoms with Crippen molar-refractivity contribution in [2.24, 2.45) is 12.5 Å². The number of hydrogen-bond acceptors (Lipinski definition) is 2. The Kier molecular flexibility index (Phi) is 6.28. The highest BCUT2D eigenvalue weighted by molar-refractivity contribution is 6.30. The maximum absolute atomic E-state index is 14.5. The minimum absolute atomic E-state index is 0.0327. The molecule has 166 valence electrons. The Bertz CT molecular complexity index is 984. The van der Waals surface area contributed by atoms with Crippen molar-refractivity contribution in [1.82, 2.24) is 14.3 Å². The Morgan fingerprint density at radius 1 is 1.17 bits per heavy atom. The van der Waals surface area contributed by atoms with E-state index in [0.29, 0.717) is 0 Å². The van der Waals surface area contributed by atoms with Crippen LogP contribution in [0.5, 0.6) is 0 Å². The third-order valence-electron chi connectivity index (χ3n) is 7.90. The van der Waals surface area contributed by atoms with Gasteiger partial charge >= 0.3 is 0 Å². The predicted octanol–water partition coefficient (Wildman–Crippen LogP) is 5.49. The largest absolute Gasteiger partial charge is 0.304 e. The van der Waals surface area contributed by atoms with Crippen molar-refractivity contribution in [1.29, 1.82) is 0 Å². The van der Waals surface area contributed by atoms with E-state index < -0.39 is 5.82 Å². The van der Waals surface area contributed by atoms with Crippen LogP contribution in [0, 0.1) is 11.2 Å². The molecule has 4 nitrogen and oxygen atoms in total. The molecule has 0 aliphatic heterocycles. The summed E-state index contributed by atoms with van der Waals surface area (Å²) in [5.74, 6) is -0.308. The van der Waals surface area contributed by atoms with E-state index in [1.54, 1.807) is 12.1 Å². The van der Waals surface area contributed by atoms with E-state index in [1.807, 2.05) is 11.7 Å². The van der Waals surface area contributed by atoms with E-state index in [-0.39, 0.29) is 33.0 Å². The second kappa shape index (κ2) is 8.16. The first-order chi connectivity index (χ1) is 14.1. The topological polar surface area (TPSA) is 30.2 Å². The maximum Gasteiger partial charge on any atom is 0.275 e. The number of rotatable bonds is 4. The molecule has 1 aromatic carbocycles. The molecular formula is C24H35ClFN3O. The lowest BCUT2D eigenvalue weighted by Gasteiger charge is -2.36. The molecule has 1 aromatic heterocycles. The van der Waals surface area contributed by atoms with Gasteiger partial charge in [-0.1, -0.05) is 59.2 Å². The van der Waals surface area contributed by atoms with Crippen molar-refractivity contribution in [2.45, 2.75) is 65.7 Å². The van der Waals surface area contributed by atoms with Crippen molar-refractivity contribution in [3.8, 4) is 5.69 Å². The van der Waals surface area contributed by atoms with Gasteiger partial charge in [-0.3, -0.25) is 9.48 Å². The lowest BCUT2D eigenvalue weighted by Crippen LogP contribution is -2.35. The molecular weight excluding hydrogens is 401 g/mol. The van der Waals surface area contributed by atoms with Crippen LogP contribution in [-0.4, -0.2) is 33.9 Å². The average molecular weight is 436 g/mol. The summed E-state index contributed by atoms with van der Waals surface area (Å²) < 4.78 is 17.7. The zero-order valence-electron chi connectivity index (χ0n) is 19.4. The normalized spacial score (nSPS) is 23.5.